The molecule has 3 rings (SSSR count). The van der Waals surface area contributed by atoms with Crippen LogP contribution in [0.15, 0.2) is 18.2 Å². The number of amides is 1. The molecular formula is C18H24BrNO. The first-order valence-corrected chi connectivity index (χ1v) is 9.19. The van der Waals surface area contributed by atoms with Crippen LogP contribution in [0.3, 0.4) is 0 Å². The van der Waals surface area contributed by atoms with Crippen LogP contribution in [0.5, 0.6) is 0 Å². The smallest absolute Gasteiger partial charge is 0.238 e. The first-order chi connectivity index (χ1) is 10.1. The minimum Gasteiger partial charge on any atom is -0.305 e. The molecule has 1 aliphatic heterocycles. The van der Waals surface area contributed by atoms with E-state index in [0.717, 1.165) is 24.9 Å². The highest BCUT2D eigenvalue weighted by Gasteiger charge is 2.46. The van der Waals surface area contributed by atoms with Crippen molar-refractivity contribution in [3.63, 3.8) is 0 Å². The maximum Gasteiger partial charge on any atom is 0.238 e. The molecular weight excluding hydrogens is 326 g/mol. The number of benzene rings is 1. The average Bonchev–Trinajstić information content (AvgIpc) is 2.48. The van der Waals surface area contributed by atoms with E-state index in [2.05, 4.69) is 52.9 Å². The van der Waals surface area contributed by atoms with E-state index in [0.29, 0.717) is 11.2 Å². The van der Waals surface area contributed by atoms with Gasteiger partial charge in [0.05, 0.1) is 5.33 Å². The molecule has 1 amide bonds. The minimum absolute atomic E-state index is 0.0603. The number of rotatable bonds is 1. The van der Waals surface area contributed by atoms with E-state index >= 15 is 0 Å². The fourth-order valence-corrected chi connectivity index (χ4v) is 4.65. The van der Waals surface area contributed by atoms with Gasteiger partial charge >= 0.3 is 0 Å². The minimum atomic E-state index is 0.0603. The zero-order valence-corrected chi connectivity index (χ0v) is 14.6. The third kappa shape index (κ3) is 2.54. The molecule has 0 radical (unpaired) electrons. The zero-order valence-electron chi connectivity index (χ0n) is 13.0. The lowest BCUT2D eigenvalue weighted by Gasteiger charge is -2.52. The Morgan fingerprint density at radius 3 is 2.71 bits per heavy atom. The molecule has 0 N–H and O–H groups in total. The Hall–Kier alpha value is -0.830. The van der Waals surface area contributed by atoms with Gasteiger partial charge in [-0.3, -0.25) is 4.79 Å². The molecule has 1 heterocycles. The summed E-state index contributed by atoms with van der Waals surface area (Å²) >= 11 is 3.39. The van der Waals surface area contributed by atoms with Crippen LogP contribution in [-0.4, -0.2) is 16.8 Å². The fraction of sp³-hybridized carbons (Fsp3) is 0.611. The van der Waals surface area contributed by atoms with Gasteiger partial charge in [-0.15, -0.1) is 0 Å². The summed E-state index contributed by atoms with van der Waals surface area (Å²) in [7, 11) is 0. The highest BCUT2D eigenvalue weighted by atomic mass is 79.9. The molecule has 1 spiro atoms. The topological polar surface area (TPSA) is 20.3 Å². The second kappa shape index (κ2) is 5.75. The van der Waals surface area contributed by atoms with Crippen molar-refractivity contribution in [1.29, 1.82) is 0 Å². The van der Waals surface area contributed by atoms with Crippen molar-refractivity contribution in [3.8, 4) is 0 Å². The van der Waals surface area contributed by atoms with Crippen molar-refractivity contribution in [2.75, 3.05) is 10.2 Å². The number of hydrogen-bond donors (Lipinski definition) is 0. The summed E-state index contributed by atoms with van der Waals surface area (Å²) < 4.78 is 0. The van der Waals surface area contributed by atoms with Crippen LogP contribution < -0.4 is 4.90 Å². The Labute approximate surface area is 136 Å². The summed E-state index contributed by atoms with van der Waals surface area (Å²) in [6.45, 7) is 4.46. The third-order valence-electron chi connectivity index (χ3n) is 5.26. The number of aryl methyl sites for hydroxylation is 1. The molecule has 0 saturated heterocycles. The van der Waals surface area contributed by atoms with Gasteiger partial charge in [-0.1, -0.05) is 59.8 Å². The molecule has 2 aliphatic rings. The Bertz CT molecular complexity index is 548. The van der Waals surface area contributed by atoms with Crippen LogP contribution in [0, 0.1) is 6.92 Å². The maximum absolute atomic E-state index is 12.7. The van der Waals surface area contributed by atoms with Gasteiger partial charge in [-0.05, 0) is 43.7 Å². The number of alkyl halides is 1. The fourth-order valence-electron chi connectivity index (χ4n) is 4.40. The molecule has 3 heteroatoms. The lowest BCUT2D eigenvalue weighted by atomic mass is 9.70. The number of carbonyl (C=O) groups is 1. The molecule has 1 aliphatic carbocycles. The second-order valence-electron chi connectivity index (χ2n) is 6.82. The van der Waals surface area contributed by atoms with E-state index in [9.17, 15) is 4.79 Å². The lowest BCUT2D eigenvalue weighted by Crippen LogP contribution is -2.56. The summed E-state index contributed by atoms with van der Waals surface area (Å²) in [5, 5.41) is 0.413. The molecule has 1 saturated carbocycles. The average molecular weight is 350 g/mol. The van der Waals surface area contributed by atoms with E-state index in [1.54, 1.807) is 0 Å². The summed E-state index contributed by atoms with van der Waals surface area (Å²) in [4.78, 5) is 14.8. The third-order valence-corrected chi connectivity index (χ3v) is 5.74. The zero-order chi connectivity index (χ0) is 15.0. The van der Waals surface area contributed by atoms with E-state index in [-0.39, 0.29) is 11.4 Å². The molecule has 114 valence electrons. The molecule has 0 bridgehead atoms. The monoisotopic (exact) mass is 349 g/mol. The van der Waals surface area contributed by atoms with Crippen LogP contribution in [0.25, 0.3) is 0 Å². The highest BCUT2D eigenvalue weighted by molar-refractivity contribution is 9.09. The maximum atomic E-state index is 12.7. The molecule has 2 nitrogen and oxygen atoms in total. The summed E-state index contributed by atoms with van der Waals surface area (Å²) in [5.74, 6) is 0.756. The molecule has 1 atom stereocenters. The van der Waals surface area contributed by atoms with Gasteiger partial charge in [-0.25, -0.2) is 0 Å². The Morgan fingerprint density at radius 2 is 2.05 bits per heavy atom. The van der Waals surface area contributed by atoms with Crippen molar-refractivity contribution in [3.05, 3.63) is 29.3 Å². The molecule has 0 aromatic heterocycles. The van der Waals surface area contributed by atoms with Crippen LogP contribution in [0.4, 0.5) is 5.69 Å². The second-order valence-corrected chi connectivity index (χ2v) is 7.38. The molecule has 1 fully saturated rings. The largest absolute Gasteiger partial charge is 0.305 e. The van der Waals surface area contributed by atoms with Crippen molar-refractivity contribution < 1.29 is 4.79 Å². The Morgan fingerprint density at radius 1 is 1.33 bits per heavy atom. The SMILES string of the molecule is Cc1ccc2c(c1)C(C)CC1(CCCCC1)N2C(=O)CBr. The van der Waals surface area contributed by atoms with Gasteiger partial charge in [0.1, 0.15) is 0 Å². The summed E-state index contributed by atoms with van der Waals surface area (Å²) in [5.41, 5.74) is 3.85. The Kier molecular flexibility index (Phi) is 4.13. The number of carbonyl (C=O) groups excluding carboxylic acids is 1. The standard InChI is InChI=1S/C18H24BrNO/c1-13-6-7-16-15(10-13)14(2)11-18(8-4-3-5-9-18)20(16)17(21)12-19/h6-7,10,14H,3-5,8-9,11-12H2,1-2H3. The number of hydrogen-bond acceptors (Lipinski definition) is 1. The van der Waals surface area contributed by atoms with Gasteiger partial charge in [-0.2, -0.15) is 0 Å². The van der Waals surface area contributed by atoms with Gasteiger partial charge in [0.25, 0.3) is 0 Å². The first-order valence-electron chi connectivity index (χ1n) is 8.07. The lowest BCUT2D eigenvalue weighted by molar-refractivity contribution is -0.117. The van der Waals surface area contributed by atoms with E-state index in [4.69, 9.17) is 0 Å². The van der Waals surface area contributed by atoms with E-state index in [1.807, 2.05) is 0 Å². The van der Waals surface area contributed by atoms with E-state index in [1.165, 1.54) is 30.4 Å². The van der Waals surface area contributed by atoms with Crippen LogP contribution >= 0.6 is 15.9 Å². The van der Waals surface area contributed by atoms with Gasteiger partial charge in [0.2, 0.25) is 5.91 Å². The number of anilines is 1. The van der Waals surface area contributed by atoms with Gasteiger partial charge < -0.3 is 4.90 Å². The first kappa shape index (κ1) is 15.1. The van der Waals surface area contributed by atoms with Crippen LogP contribution in [0.2, 0.25) is 0 Å². The van der Waals surface area contributed by atoms with Crippen LogP contribution in [0.1, 0.15) is 62.5 Å². The normalized spacial score (nSPS) is 24.0. The van der Waals surface area contributed by atoms with E-state index < -0.39 is 0 Å². The van der Waals surface area contributed by atoms with Crippen LogP contribution in [-0.2, 0) is 4.79 Å². The molecule has 1 aromatic carbocycles. The van der Waals surface area contributed by atoms with Gasteiger partial charge in [0, 0.05) is 11.2 Å². The van der Waals surface area contributed by atoms with Gasteiger partial charge in [0.15, 0.2) is 0 Å². The predicted octanol–water partition coefficient (Wildman–Crippen LogP) is 4.93. The molecule has 21 heavy (non-hydrogen) atoms. The molecule has 1 aromatic rings. The highest BCUT2D eigenvalue weighted by Crippen LogP contribution is 2.49. The quantitative estimate of drug-likeness (QED) is 0.658. The number of halogens is 1. The summed E-state index contributed by atoms with van der Waals surface area (Å²) in [6, 6.07) is 6.57. The van der Waals surface area contributed by atoms with Crippen molar-refractivity contribution >= 4 is 27.5 Å². The number of nitrogens with zero attached hydrogens (tertiary/aromatic N) is 1. The Balaban J connectivity index is 2.12. The van der Waals surface area contributed by atoms with Crippen molar-refractivity contribution in [1.82, 2.24) is 0 Å². The van der Waals surface area contributed by atoms with Crippen molar-refractivity contribution in [2.24, 2.45) is 0 Å². The summed E-state index contributed by atoms with van der Waals surface area (Å²) in [6.07, 6.45) is 7.24. The predicted molar refractivity (Wildman–Crippen MR) is 91.3 cm³/mol. The van der Waals surface area contributed by atoms with Crippen molar-refractivity contribution in [2.45, 2.75) is 63.8 Å². The number of fused-ring (bicyclic) bond motifs is 1. The molecule has 1 unspecified atom stereocenters.